The number of nitrogens with zero attached hydrogens (tertiary/aromatic N) is 4. The van der Waals surface area contributed by atoms with Crippen LogP contribution in [0.25, 0.3) is 0 Å². The molecule has 0 saturated carbocycles. The topological polar surface area (TPSA) is 80.6 Å². The number of likely N-dealkylation sites (tertiary alicyclic amines) is 1. The monoisotopic (exact) mass is 573 g/mol. The molecule has 33 heavy (non-hydrogen) atoms. The number of halogens is 1. The number of hydrogen-bond donors (Lipinski definition) is 2. The van der Waals surface area contributed by atoms with Crippen molar-refractivity contribution < 1.29 is 14.6 Å². The van der Waals surface area contributed by atoms with Crippen LogP contribution in [0.2, 0.25) is 0 Å². The first kappa shape index (κ1) is 27.7. The predicted octanol–water partition coefficient (Wildman–Crippen LogP) is 2.33. The van der Waals surface area contributed by atoms with Gasteiger partial charge in [0.05, 0.1) is 26.3 Å². The molecule has 0 aromatic heterocycles. The van der Waals surface area contributed by atoms with E-state index in [1.807, 2.05) is 36.1 Å². The maximum atomic E-state index is 12.7. The van der Waals surface area contributed by atoms with E-state index in [4.69, 9.17) is 4.74 Å². The van der Waals surface area contributed by atoms with Gasteiger partial charge in [0, 0.05) is 45.8 Å². The standard InChI is InChI=1S/C24H39N5O3.HI/c1-3-25-24(26-18-22(30)20-8-10-21(32-2)11-9-20)29-16-14-27(15-17-29)19-23(31)28-12-6-4-5-7-13-28;/h8-11,22,30H,3-7,12-19H2,1-2H3,(H,25,26);1H. The Balaban J connectivity index is 0.00000385. The average molecular weight is 574 g/mol. The van der Waals surface area contributed by atoms with Crippen LogP contribution in [0.4, 0.5) is 0 Å². The van der Waals surface area contributed by atoms with E-state index in [1.165, 1.54) is 12.8 Å². The lowest BCUT2D eigenvalue weighted by molar-refractivity contribution is -0.132. The molecule has 0 spiro atoms. The fourth-order valence-electron chi connectivity index (χ4n) is 4.26. The molecule has 8 nitrogen and oxygen atoms in total. The van der Waals surface area contributed by atoms with Crippen LogP contribution in [-0.2, 0) is 4.79 Å². The molecule has 1 unspecified atom stereocenters. The Kier molecular flexibility index (Phi) is 12.3. The number of ether oxygens (including phenoxy) is 1. The largest absolute Gasteiger partial charge is 0.497 e. The van der Waals surface area contributed by atoms with E-state index < -0.39 is 6.10 Å². The normalized spacial score (nSPS) is 18.8. The van der Waals surface area contributed by atoms with Gasteiger partial charge in [-0.05, 0) is 37.5 Å². The molecule has 0 bridgehead atoms. The molecule has 1 atom stereocenters. The second kappa shape index (κ2) is 14.6. The summed E-state index contributed by atoms with van der Waals surface area (Å²) in [4.78, 5) is 23.9. The molecule has 2 aliphatic heterocycles. The van der Waals surface area contributed by atoms with Crippen molar-refractivity contribution in [2.24, 2.45) is 4.99 Å². The first-order valence-electron chi connectivity index (χ1n) is 12.0. The highest BCUT2D eigenvalue weighted by Crippen LogP contribution is 2.18. The van der Waals surface area contributed by atoms with Gasteiger partial charge in [0.15, 0.2) is 5.96 Å². The zero-order chi connectivity index (χ0) is 22.8. The number of carbonyl (C=O) groups is 1. The molecule has 2 saturated heterocycles. The molecule has 1 aromatic carbocycles. The van der Waals surface area contributed by atoms with E-state index in [-0.39, 0.29) is 29.9 Å². The Morgan fingerprint density at radius 2 is 1.67 bits per heavy atom. The van der Waals surface area contributed by atoms with Crippen LogP contribution >= 0.6 is 24.0 Å². The van der Waals surface area contributed by atoms with E-state index in [1.54, 1.807) is 7.11 Å². The van der Waals surface area contributed by atoms with Gasteiger partial charge >= 0.3 is 0 Å². The number of hydrogen-bond acceptors (Lipinski definition) is 5. The van der Waals surface area contributed by atoms with Crippen LogP contribution < -0.4 is 10.1 Å². The molecule has 1 amide bonds. The predicted molar refractivity (Wildman–Crippen MR) is 142 cm³/mol. The smallest absolute Gasteiger partial charge is 0.236 e. The number of piperazine rings is 1. The molecule has 3 rings (SSSR count). The summed E-state index contributed by atoms with van der Waals surface area (Å²) in [6, 6.07) is 7.43. The summed E-state index contributed by atoms with van der Waals surface area (Å²) in [7, 11) is 1.63. The molecule has 186 valence electrons. The van der Waals surface area contributed by atoms with Crippen molar-refractivity contribution in [3.63, 3.8) is 0 Å². The van der Waals surface area contributed by atoms with Gasteiger partial charge in [-0.3, -0.25) is 14.7 Å². The fraction of sp³-hybridized carbons (Fsp3) is 0.667. The number of benzene rings is 1. The molecule has 1 aromatic rings. The molecule has 2 fully saturated rings. The van der Waals surface area contributed by atoms with Crippen molar-refractivity contribution in [2.75, 3.05) is 66.0 Å². The van der Waals surface area contributed by atoms with Crippen molar-refractivity contribution in [2.45, 2.75) is 38.7 Å². The van der Waals surface area contributed by atoms with Crippen molar-refractivity contribution in [3.05, 3.63) is 29.8 Å². The van der Waals surface area contributed by atoms with E-state index in [0.717, 1.165) is 75.9 Å². The maximum absolute atomic E-state index is 12.7. The van der Waals surface area contributed by atoms with Gasteiger partial charge in [-0.1, -0.05) is 25.0 Å². The number of aliphatic hydroxyl groups is 1. The maximum Gasteiger partial charge on any atom is 0.236 e. The Bertz CT molecular complexity index is 730. The van der Waals surface area contributed by atoms with Gasteiger partial charge < -0.3 is 25.0 Å². The van der Waals surface area contributed by atoms with Crippen LogP contribution in [0.3, 0.4) is 0 Å². The number of carbonyl (C=O) groups excluding carboxylic acids is 1. The lowest BCUT2D eigenvalue weighted by Crippen LogP contribution is -2.54. The van der Waals surface area contributed by atoms with Gasteiger partial charge in [0.2, 0.25) is 5.91 Å². The highest BCUT2D eigenvalue weighted by Gasteiger charge is 2.24. The summed E-state index contributed by atoms with van der Waals surface area (Å²) in [5, 5.41) is 13.9. The molecule has 2 aliphatic rings. The second-order valence-corrected chi connectivity index (χ2v) is 8.54. The number of rotatable bonds is 7. The molecule has 0 aliphatic carbocycles. The Hall–Kier alpha value is -1.59. The summed E-state index contributed by atoms with van der Waals surface area (Å²) in [6.45, 7) is 8.75. The molecule has 2 heterocycles. The summed E-state index contributed by atoms with van der Waals surface area (Å²) < 4.78 is 5.18. The summed E-state index contributed by atoms with van der Waals surface area (Å²) in [5.41, 5.74) is 0.822. The molecular weight excluding hydrogens is 533 g/mol. The third-order valence-corrected chi connectivity index (χ3v) is 6.24. The number of nitrogens with one attached hydrogen (secondary N) is 1. The van der Waals surface area contributed by atoms with Gasteiger partial charge in [0.25, 0.3) is 0 Å². The van der Waals surface area contributed by atoms with Crippen molar-refractivity contribution in [1.82, 2.24) is 20.0 Å². The zero-order valence-electron chi connectivity index (χ0n) is 20.0. The lowest BCUT2D eigenvalue weighted by Gasteiger charge is -2.37. The number of aliphatic imine (C=N–C) groups is 1. The Morgan fingerprint density at radius 3 is 2.24 bits per heavy atom. The zero-order valence-corrected chi connectivity index (χ0v) is 22.4. The van der Waals surface area contributed by atoms with Crippen LogP contribution in [-0.4, -0.2) is 97.7 Å². The molecule has 9 heteroatoms. The summed E-state index contributed by atoms with van der Waals surface area (Å²) >= 11 is 0. The van der Waals surface area contributed by atoms with Gasteiger partial charge in [-0.25, -0.2) is 0 Å². The average Bonchev–Trinajstić information content (AvgIpc) is 3.12. The van der Waals surface area contributed by atoms with Crippen LogP contribution in [0.5, 0.6) is 5.75 Å². The summed E-state index contributed by atoms with van der Waals surface area (Å²) in [5.74, 6) is 1.85. The van der Waals surface area contributed by atoms with Crippen molar-refractivity contribution in [3.8, 4) is 5.75 Å². The quantitative estimate of drug-likeness (QED) is 0.296. The minimum absolute atomic E-state index is 0. The van der Waals surface area contributed by atoms with Gasteiger partial charge in [0.1, 0.15) is 5.75 Å². The summed E-state index contributed by atoms with van der Waals surface area (Å²) in [6.07, 6.45) is 4.07. The lowest BCUT2D eigenvalue weighted by atomic mass is 10.1. The second-order valence-electron chi connectivity index (χ2n) is 8.54. The van der Waals surface area contributed by atoms with E-state index >= 15 is 0 Å². The Morgan fingerprint density at radius 1 is 1.03 bits per heavy atom. The van der Waals surface area contributed by atoms with Gasteiger partial charge in [-0.15, -0.1) is 24.0 Å². The molecule has 2 N–H and O–H groups in total. The van der Waals surface area contributed by atoms with E-state index in [9.17, 15) is 9.90 Å². The Labute approximate surface area is 215 Å². The van der Waals surface area contributed by atoms with Crippen molar-refractivity contribution in [1.29, 1.82) is 0 Å². The number of aliphatic hydroxyl groups excluding tert-OH is 1. The number of guanidine groups is 1. The van der Waals surface area contributed by atoms with Crippen molar-refractivity contribution >= 4 is 35.8 Å². The molecular formula is C24H40IN5O3. The molecule has 0 radical (unpaired) electrons. The van der Waals surface area contributed by atoms with Gasteiger partial charge in [-0.2, -0.15) is 0 Å². The first-order chi connectivity index (χ1) is 15.6. The first-order valence-corrected chi connectivity index (χ1v) is 12.0. The third kappa shape index (κ3) is 8.60. The van der Waals surface area contributed by atoms with Crippen LogP contribution in [0.1, 0.15) is 44.3 Å². The fourth-order valence-corrected chi connectivity index (χ4v) is 4.26. The number of methoxy groups -OCH3 is 1. The highest BCUT2D eigenvalue weighted by molar-refractivity contribution is 14.0. The minimum Gasteiger partial charge on any atom is -0.497 e. The van der Waals surface area contributed by atoms with Crippen LogP contribution in [0, 0.1) is 0 Å². The third-order valence-electron chi connectivity index (χ3n) is 6.24. The highest BCUT2D eigenvalue weighted by atomic mass is 127. The van der Waals surface area contributed by atoms with E-state index in [2.05, 4.69) is 20.1 Å². The number of amides is 1. The van der Waals surface area contributed by atoms with Crippen LogP contribution in [0.15, 0.2) is 29.3 Å². The minimum atomic E-state index is -0.665. The van der Waals surface area contributed by atoms with E-state index in [0.29, 0.717) is 13.1 Å². The SMILES string of the molecule is CCNC(=NCC(O)c1ccc(OC)cc1)N1CCN(CC(=O)N2CCCCCC2)CC1.I.